The molecule has 2 aliphatic carbocycles. The van der Waals surface area contributed by atoms with Gasteiger partial charge in [-0.2, -0.15) is 0 Å². The molecule has 3 unspecified atom stereocenters. The minimum absolute atomic E-state index is 0.318. The fraction of sp³-hybridized carbons (Fsp3) is 1.00. The Hall–Kier alpha value is -0.0400. The monoisotopic (exact) mass is 210 g/mol. The first-order valence-electron chi connectivity index (χ1n) is 6.82. The number of hydrogen-bond donors (Lipinski definition) is 1. The van der Waals surface area contributed by atoms with Gasteiger partial charge < -0.3 is 5.11 Å². The summed E-state index contributed by atoms with van der Waals surface area (Å²) in [5, 5.41) is 10.7. The molecule has 15 heavy (non-hydrogen) atoms. The summed E-state index contributed by atoms with van der Waals surface area (Å²) < 4.78 is 0. The van der Waals surface area contributed by atoms with Gasteiger partial charge in [0.2, 0.25) is 0 Å². The summed E-state index contributed by atoms with van der Waals surface area (Å²) >= 11 is 0. The van der Waals surface area contributed by atoms with E-state index in [1.807, 2.05) is 0 Å². The number of rotatable bonds is 2. The van der Waals surface area contributed by atoms with Crippen molar-refractivity contribution in [3.05, 3.63) is 0 Å². The highest BCUT2D eigenvalue weighted by molar-refractivity contribution is 4.92. The molecule has 2 saturated carbocycles. The molecule has 1 nitrogen and oxygen atoms in total. The summed E-state index contributed by atoms with van der Waals surface area (Å²) in [6.07, 6.45) is 10.1. The smallest absolute Gasteiger partial charge is 0.0676 e. The summed E-state index contributed by atoms with van der Waals surface area (Å²) in [4.78, 5) is 0. The van der Waals surface area contributed by atoms with Crippen LogP contribution in [-0.4, -0.2) is 10.7 Å². The molecule has 0 aromatic carbocycles. The van der Waals surface area contributed by atoms with Crippen LogP contribution in [0, 0.1) is 17.8 Å². The van der Waals surface area contributed by atoms with Crippen molar-refractivity contribution in [3.8, 4) is 0 Å². The van der Waals surface area contributed by atoms with E-state index < -0.39 is 0 Å². The van der Waals surface area contributed by atoms with E-state index in [-0.39, 0.29) is 5.60 Å². The van der Waals surface area contributed by atoms with Crippen molar-refractivity contribution in [1.29, 1.82) is 0 Å². The molecule has 0 bridgehead atoms. The second-order valence-corrected chi connectivity index (χ2v) is 6.24. The van der Waals surface area contributed by atoms with Crippen LogP contribution in [0.25, 0.3) is 0 Å². The van der Waals surface area contributed by atoms with Crippen LogP contribution in [-0.2, 0) is 0 Å². The second-order valence-electron chi connectivity index (χ2n) is 6.24. The summed E-state index contributed by atoms with van der Waals surface area (Å²) in [6.45, 7) is 4.58. The van der Waals surface area contributed by atoms with Crippen molar-refractivity contribution in [2.24, 2.45) is 17.8 Å². The van der Waals surface area contributed by atoms with E-state index in [0.29, 0.717) is 5.92 Å². The van der Waals surface area contributed by atoms with Gasteiger partial charge in [-0.15, -0.1) is 0 Å². The first kappa shape index (κ1) is 11.4. The maximum Gasteiger partial charge on any atom is 0.0676 e. The average molecular weight is 210 g/mol. The standard InChI is InChI=1S/C14H26O/c1-11-7-8-14(15,12(2)9-11)10-13-5-3-4-6-13/h11-13,15H,3-10H2,1-2H3. The topological polar surface area (TPSA) is 20.2 Å². The van der Waals surface area contributed by atoms with E-state index in [4.69, 9.17) is 0 Å². The van der Waals surface area contributed by atoms with Crippen molar-refractivity contribution < 1.29 is 5.11 Å². The van der Waals surface area contributed by atoms with Crippen molar-refractivity contribution in [3.63, 3.8) is 0 Å². The summed E-state index contributed by atoms with van der Waals surface area (Å²) in [5.41, 5.74) is -0.318. The highest BCUT2D eigenvalue weighted by Crippen LogP contribution is 2.43. The molecule has 0 radical (unpaired) electrons. The molecule has 3 atom stereocenters. The van der Waals surface area contributed by atoms with Gasteiger partial charge in [0.15, 0.2) is 0 Å². The zero-order chi connectivity index (χ0) is 10.9. The molecule has 0 spiro atoms. The van der Waals surface area contributed by atoms with Crippen LogP contribution >= 0.6 is 0 Å². The van der Waals surface area contributed by atoms with Crippen LogP contribution < -0.4 is 0 Å². The summed E-state index contributed by atoms with van der Waals surface area (Å²) in [7, 11) is 0. The molecule has 1 N–H and O–H groups in total. The molecule has 0 aliphatic heterocycles. The Morgan fingerprint density at radius 3 is 2.40 bits per heavy atom. The SMILES string of the molecule is CC1CCC(O)(CC2CCCC2)C(C)C1. The minimum atomic E-state index is -0.318. The van der Waals surface area contributed by atoms with E-state index in [0.717, 1.165) is 24.7 Å². The van der Waals surface area contributed by atoms with Gasteiger partial charge >= 0.3 is 0 Å². The first-order valence-corrected chi connectivity index (χ1v) is 6.82. The molecule has 0 saturated heterocycles. The van der Waals surface area contributed by atoms with Crippen LogP contribution in [0.2, 0.25) is 0 Å². The Morgan fingerprint density at radius 2 is 1.80 bits per heavy atom. The van der Waals surface area contributed by atoms with Crippen molar-refractivity contribution in [2.75, 3.05) is 0 Å². The Morgan fingerprint density at radius 1 is 1.13 bits per heavy atom. The van der Waals surface area contributed by atoms with Crippen LogP contribution in [0.1, 0.15) is 65.2 Å². The molecule has 0 amide bonds. The van der Waals surface area contributed by atoms with Gasteiger partial charge in [0.1, 0.15) is 0 Å². The maximum atomic E-state index is 10.7. The Kier molecular flexibility index (Phi) is 3.39. The molecule has 2 fully saturated rings. The average Bonchev–Trinajstić information content (AvgIpc) is 2.65. The number of hydrogen-bond acceptors (Lipinski definition) is 1. The summed E-state index contributed by atoms with van der Waals surface area (Å²) in [6, 6.07) is 0. The predicted octanol–water partition coefficient (Wildman–Crippen LogP) is 3.75. The molecule has 0 aromatic rings. The molecule has 2 aliphatic rings. The second kappa shape index (κ2) is 4.45. The molecule has 0 heterocycles. The van der Waals surface area contributed by atoms with E-state index in [1.54, 1.807) is 0 Å². The third-order valence-corrected chi connectivity index (χ3v) is 4.86. The fourth-order valence-electron chi connectivity index (χ4n) is 3.70. The quantitative estimate of drug-likeness (QED) is 0.736. The fourth-order valence-corrected chi connectivity index (χ4v) is 3.70. The maximum absolute atomic E-state index is 10.7. The largest absolute Gasteiger partial charge is 0.390 e. The Bertz CT molecular complexity index is 207. The lowest BCUT2D eigenvalue weighted by Gasteiger charge is -2.42. The van der Waals surface area contributed by atoms with Gasteiger partial charge in [0, 0.05) is 0 Å². The zero-order valence-electron chi connectivity index (χ0n) is 10.3. The van der Waals surface area contributed by atoms with Gasteiger partial charge in [0.05, 0.1) is 5.60 Å². The number of aliphatic hydroxyl groups is 1. The van der Waals surface area contributed by atoms with Crippen LogP contribution in [0.15, 0.2) is 0 Å². The van der Waals surface area contributed by atoms with Crippen LogP contribution in [0.4, 0.5) is 0 Å². The van der Waals surface area contributed by atoms with Crippen LogP contribution in [0.3, 0.4) is 0 Å². The molecule has 0 aromatic heterocycles. The Labute approximate surface area is 94.3 Å². The van der Waals surface area contributed by atoms with Gasteiger partial charge in [-0.25, -0.2) is 0 Å². The highest BCUT2D eigenvalue weighted by Gasteiger charge is 2.40. The van der Waals surface area contributed by atoms with Gasteiger partial charge in [-0.3, -0.25) is 0 Å². The lowest BCUT2D eigenvalue weighted by Crippen LogP contribution is -2.42. The van der Waals surface area contributed by atoms with E-state index in [2.05, 4.69) is 13.8 Å². The van der Waals surface area contributed by atoms with E-state index in [9.17, 15) is 5.11 Å². The summed E-state index contributed by atoms with van der Waals surface area (Å²) in [5.74, 6) is 2.16. The Balaban J connectivity index is 1.92. The van der Waals surface area contributed by atoms with E-state index in [1.165, 1.54) is 38.5 Å². The van der Waals surface area contributed by atoms with Gasteiger partial charge in [-0.05, 0) is 43.4 Å². The van der Waals surface area contributed by atoms with Crippen molar-refractivity contribution >= 4 is 0 Å². The molecule has 88 valence electrons. The molecule has 2 rings (SSSR count). The van der Waals surface area contributed by atoms with Crippen molar-refractivity contribution in [2.45, 2.75) is 70.8 Å². The molecular formula is C14H26O. The molecular weight excluding hydrogens is 184 g/mol. The third kappa shape index (κ3) is 2.55. The molecule has 1 heteroatoms. The predicted molar refractivity (Wildman–Crippen MR) is 63.7 cm³/mol. The third-order valence-electron chi connectivity index (χ3n) is 4.86. The van der Waals surface area contributed by atoms with Crippen LogP contribution in [0.5, 0.6) is 0 Å². The lowest BCUT2D eigenvalue weighted by atomic mass is 9.68. The zero-order valence-corrected chi connectivity index (χ0v) is 10.3. The minimum Gasteiger partial charge on any atom is -0.390 e. The first-order chi connectivity index (χ1) is 7.10. The van der Waals surface area contributed by atoms with Gasteiger partial charge in [0.25, 0.3) is 0 Å². The van der Waals surface area contributed by atoms with Crippen molar-refractivity contribution in [1.82, 2.24) is 0 Å². The highest BCUT2D eigenvalue weighted by atomic mass is 16.3. The lowest BCUT2D eigenvalue weighted by molar-refractivity contribution is -0.0695. The normalized spacial score (nSPS) is 43.4. The van der Waals surface area contributed by atoms with Gasteiger partial charge in [-0.1, -0.05) is 39.5 Å². The van der Waals surface area contributed by atoms with E-state index >= 15 is 0 Å².